The first-order valence-electron chi connectivity index (χ1n) is 6.89. The number of nitrogens with one attached hydrogen (secondary N) is 1. The summed E-state index contributed by atoms with van der Waals surface area (Å²) in [6.45, 7) is 2.18. The van der Waals surface area contributed by atoms with Gasteiger partial charge < -0.3 is 11.1 Å². The zero-order valence-electron chi connectivity index (χ0n) is 11.0. The zero-order chi connectivity index (χ0) is 13.0. The second kappa shape index (κ2) is 6.01. The molecule has 0 saturated carbocycles. The minimum atomic E-state index is 0.120. The molecule has 0 radical (unpaired) electrons. The van der Waals surface area contributed by atoms with E-state index in [1.807, 2.05) is 12.1 Å². The van der Waals surface area contributed by atoms with Crippen molar-refractivity contribution in [2.75, 3.05) is 5.32 Å². The third kappa shape index (κ3) is 3.10. The Kier molecular flexibility index (Phi) is 4.37. The highest BCUT2D eigenvalue weighted by Crippen LogP contribution is 2.26. The first-order valence-corrected chi connectivity index (χ1v) is 6.89. The smallest absolute Gasteiger partial charge is 0.224 e. The van der Waals surface area contributed by atoms with Crippen molar-refractivity contribution in [2.24, 2.45) is 5.73 Å². The molecule has 2 rings (SSSR count). The molecule has 1 aromatic rings. The van der Waals surface area contributed by atoms with Crippen LogP contribution in [0.5, 0.6) is 0 Å². The summed E-state index contributed by atoms with van der Waals surface area (Å²) in [5.74, 6) is 0.122. The zero-order valence-corrected chi connectivity index (χ0v) is 11.0. The van der Waals surface area contributed by atoms with Crippen LogP contribution in [0.2, 0.25) is 0 Å². The van der Waals surface area contributed by atoms with Gasteiger partial charge in [-0.3, -0.25) is 4.79 Å². The van der Waals surface area contributed by atoms with E-state index in [9.17, 15) is 4.79 Å². The summed E-state index contributed by atoms with van der Waals surface area (Å²) in [6, 6.07) is 6.33. The number of anilines is 1. The Balaban J connectivity index is 2.16. The van der Waals surface area contributed by atoms with E-state index in [4.69, 9.17) is 5.73 Å². The lowest BCUT2D eigenvalue weighted by Crippen LogP contribution is -2.12. The Labute approximate surface area is 109 Å². The number of rotatable bonds is 4. The molecule has 1 heterocycles. The first kappa shape index (κ1) is 13.1. The van der Waals surface area contributed by atoms with E-state index in [-0.39, 0.29) is 11.9 Å². The summed E-state index contributed by atoms with van der Waals surface area (Å²) in [5.41, 5.74) is 9.58. The van der Waals surface area contributed by atoms with Crippen LogP contribution in [0.15, 0.2) is 18.2 Å². The summed E-state index contributed by atoms with van der Waals surface area (Å²) in [6.07, 6.45) is 5.87. The fourth-order valence-electron chi connectivity index (χ4n) is 2.42. The molecule has 0 saturated heterocycles. The van der Waals surface area contributed by atoms with Crippen LogP contribution in [0.4, 0.5) is 5.69 Å². The molecule has 3 heteroatoms. The molecule has 0 aliphatic carbocycles. The molecule has 0 aromatic heterocycles. The van der Waals surface area contributed by atoms with Gasteiger partial charge in [0.25, 0.3) is 0 Å². The molecule has 0 spiro atoms. The summed E-state index contributed by atoms with van der Waals surface area (Å²) in [5, 5.41) is 2.95. The number of benzene rings is 1. The first-order chi connectivity index (χ1) is 8.70. The van der Waals surface area contributed by atoms with Crippen LogP contribution in [0.3, 0.4) is 0 Å². The topological polar surface area (TPSA) is 55.1 Å². The van der Waals surface area contributed by atoms with Crippen molar-refractivity contribution in [1.29, 1.82) is 0 Å². The highest BCUT2D eigenvalue weighted by atomic mass is 16.1. The largest absolute Gasteiger partial charge is 0.326 e. The molecule has 1 aliphatic rings. The van der Waals surface area contributed by atoms with Crippen LogP contribution in [-0.2, 0) is 11.2 Å². The van der Waals surface area contributed by atoms with Crippen LogP contribution < -0.4 is 11.1 Å². The van der Waals surface area contributed by atoms with Crippen molar-refractivity contribution < 1.29 is 4.79 Å². The lowest BCUT2D eigenvalue weighted by atomic mass is 9.97. The summed E-state index contributed by atoms with van der Waals surface area (Å²) in [4.78, 5) is 11.5. The van der Waals surface area contributed by atoms with Crippen molar-refractivity contribution in [1.82, 2.24) is 0 Å². The number of hydrogen-bond acceptors (Lipinski definition) is 2. The van der Waals surface area contributed by atoms with E-state index in [2.05, 4.69) is 18.3 Å². The molecule has 1 unspecified atom stereocenters. The number of unbranched alkanes of at least 4 members (excludes halogenated alkanes) is 1. The van der Waals surface area contributed by atoms with Gasteiger partial charge in [0.1, 0.15) is 0 Å². The van der Waals surface area contributed by atoms with Gasteiger partial charge in [-0.25, -0.2) is 0 Å². The lowest BCUT2D eigenvalue weighted by Gasteiger charge is -2.14. The summed E-state index contributed by atoms with van der Waals surface area (Å²) in [7, 11) is 0. The molecule has 1 amide bonds. The van der Waals surface area contributed by atoms with E-state index in [1.54, 1.807) is 0 Å². The predicted molar refractivity (Wildman–Crippen MR) is 74.5 cm³/mol. The summed E-state index contributed by atoms with van der Waals surface area (Å²) >= 11 is 0. The minimum absolute atomic E-state index is 0.120. The standard InChI is InChI=1S/C15H22N2O/c1-2-3-6-13(16)11-8-9-14-12(10-11)5-4-7-15(18)17-14/h8-10,13H,2-7,16H2,1H3,(H,17,18). The van der Waals surface area contributed by atoms with Crippen LogP contribution in [0, 0.1) is 0 Å². The number of carbonyl (C=O) groups is 1. The Morgan fingerprint density at radius 2 is 2.22 bits per heavy atom. The quantitative estimate of drug-likeness (QED) is 0.857. The molecule has 18 heavy (non-hydrogen) atoms. The van der Waals surface area contributed by atoms with Crippen molar-refractivity contribution in [2.45, 2.75) is 51.5 Å². The third-order valence-corrected chi connectivity index (χ3v) is 3.55. The second-order valence-electron chi connectivity index (χ2n) is 5.07. The van der Waals surface area contributed by atoms with E-state index in [1.165, 1.54) is 17.5 Å². The van der Waals surface area contributed by atoms with Gasteiger partial charge in [-0.1, -0.05) is 31.9 Å². The fraction of sp³-hybridized carbons (Fsp3) is 0.533. The van der Waals surface area contributed by atoms with E-state index in [0.29, 0.717) is 6.42 Å². The van der Waals surface area contributed by atoms with Crippen LogP contribution in [-0.4, -0.2) is 5.91 Å². The number of fused-ring (bicyclic) bond motifs is 1. The van der Waals surface area contributed by atoms with E-state index >= 15 is 0 Å². The fourth-order valence-corrected chi connectivity index (χ4v) is 2.42. The molecule has 3 nitrogen and oxygen atoms in total. The maximum atomic E-state index is 11.5. The van der Waals surface area contributed by atoms with Gasteiger partial charge in [0.15, 0.2) is 0 Å². The summed E-state index contributed by atoms with van der Waals surface area (Å²) < 4.78 is 0. The van der Waals surface area contributed by atoms with Crippen molar-refractivity contribution >= 4 is 11.6 Å². The van der Waals surface area contributed by atoms with E-state index < -0.39 is 0 Å². The Bertz CT molecular complexity index is 429. The average molecular weight is 246 g/mol. The molecule has 1 aromatic carbocycles. The second-order valence-corrected chi connectivity index (χ2v) is 5.07. The highest BCUT2D eigenvalue weighted by Gasteiger charge is 2.14. The van der Waals surface area contributed by atoms with Gasteiger partial charge in [-0.2, -0.15) is 0 Å². The molecule has 0 fully saturated rings. The van der Waals surface area contributed by atoms with Gasteiger partial charge in [0.2, 0.25) is 5.91 Å². The number of aryl methyl sites for hydroxylation is 1. The maximum absolute atomic E-state index is 11.5. The predicted octanol–water partition coefficient (Wildman–Crippen LogP) is 3.15. The Hall–Kier alpha value is -1.35. The molecule has 0 bridgehead atoms. The highest BCUT2D eigenvalue weighted by molar-refractivity contribution is 5.92. The number of amides is 1. The number of carbonyl (C=O) groups excluding carboxylic acids is 1. The number of nitrogens with two attached hydrogens (primary N) is 1. The molecule has 1 aliphatic heterocycles. The number of hydrogen-bond donors (Lipinski definition) is 2. The van der Waals surface area contributed by atoms with Gasteiger partial charge in [-0.05, 0) is 36.5 Å². The van der Waals surface area contributed by atoms with Gasteiger partial charge in [0, 0.05) is 18.2 Å². The third-order valence-electron chi connectivity index (χ3n) is 3.55. The molecule has 1 atom stereocenters. The van der Waals surface area contributed by atoms with Crippen molar-refractivity contribution in [3.8, 4) is 0 Å². The van der Waals surface area contributed by atoms with Crippen molar-refractivity contribution in [3.05, 3.63) is 29.3 Å². The lowest BCUT2D eigenvalue weighted by molar-refractivity contribution is -0.116. The minimum Gasteiger partial charge on any atom is -0.326 e. The van der Waals surface area contributed by atoms with E-state index in [0.717, 1.165) is 31.4 Å². The van der Waals surface area contributed by atoms with Gasteiger partial charge in [0.05, 0.1) is 0 Å². The molecule has 98 valence electrons. The normalized spacial score (nSPS) is 16.7. The van der Waals surface area contributed by atoms with Gasteiger partial charge in [-0.15, -0.1) is 0 Å². The molecular weight excluding hydrogens is 224 g/mol. The van der Waals surface area contributed by atoms with Crippen LogP contribution in [0.25, 0.3) is 0 Å². The average Bonchev–Trinajstić information content (AvgIpc) is 2.55. The monoisotopic (exact) mass is 246 g/mol. The maximum Gasteiger partial charge on any atom is 0.224 e. The Morgan fingerprint density at radius 3 is 3.00 bits per heavy atom. The molecular formula is C15H22N2O. The van der Waals surface area contributed by atoms with Crippen molar-refractivity contribution in [3.63, 3.8) is 0 Å². The van der Waals surface area contributed by atoms with Crippen LogP contribution in [0.1, 0.15) is 56.2 Å². The molecule has 3 N–H and O–H groups in total. The Morgan fingerprint density at radius 1 is 1.39 bits per heavy atom. The SMILES string of the molecule is CCCCC(N)c1ccc2c(c1)CCCC(=O)N2. The van der Waals surface area contributed by atoms with Crippen LogP contribution >= 0.6 is 0 Å². The van der Waals surface area contributed by atoms with Gasteiger partial charge >= 0.3 is 0 Å².